The zero-order valence-electron chi connectivity index (χ0n) is 20.6. The highest BCUT2D eigenvalue weighted by molar-refractivity contribution is 6.21. The maximum absolute atomic E-state index is 13.8. The van der Waals surface area contributed by atoms with Crippen LogP contribution in [0.4, 0.5) is 0 Å². The number of morpholine rings is 2. The lowest BCUT2D eigenvalue weighted by molar-refractivity contribution is -0.187. The Kier molecular flexibility index (Phi) is 7.10. The van der Waals surface area contributed by atoms with E-state index in [1.165, 1.54) is 12.8 Å². The average molecular weight is 507 g/mol. The summed E-state index contributed by atoms with van der Waals surface area (Å²) in [5.74, 6) is -0.397. The topological polar surface area (TPSA) is 74.4 Å². The highest BCUT2D eigenvalue weighted by atomic mass is 35.5. The number of nitrogens with one attached hydrogen (secondary N) is 1. The van der Waals surface area contributed by atoms with Crippen LogP contribution in [0.3, 0.4) is 0 Å². The molecule has 7 unspecified atom stereocenters. The Morgan fingerprint density at radius 1 is 1.06 bits per heavy atom. The number of hydrogen-bond acceptors (Lipinski definition) is 7. The van der Waals surface area contributed by atoms with Crippen LogP contribution in [0.2, 0.25) is 0 Å². The van der Waals surface area contributed by atoms with E-state index in [4.69, 9.17) is 21.1 Å². The predicted octanol–water partition coefficient (Wildman–Crippen LogP) is 1.37. The summed E-state index contributed by atoms with van der Waals surface area (Å²) < 4.78 is 12.1. The Hall–Kier alpha value is -1.19. The molecule has 6 aliphatic rings. The third-order valence-electron chi connectivity index (χ3n) is 9.19. The molecule has 9 heteroatoms. The number of ketones is 1. The van der Waals surface area contributed by atoms with Crippen molar-refractivity contribution in [3.05, 3.63) is 11.8 Å². The van der Waals surface area contributed by atoms with Crippen LogP contribution in [0.1, 0.15) is 44.9 Å². The molecule has 0 bridgehead atoms. The Morgan fingerprint density at radius 3 is 2.66 bits per heavy atom. The van der Waals surface area contributed by atoms with Gasteiger partial charge in [0, 0.05) is 49.7 Å². The van der Waals surface area contributed by atoms with Crippen LogP contribution in [-0.2, 0) is 19.1 Å². The molecule has 4 aliphatic heterocycles. The lowest BCUT2D eigenvalue weighted by Crippen LogP contribution is -2.68. The van der Waals surface area contributed by atoms with Crippen LogP contribution in [0.25, 0.3) is 0 Å². The molecule has 35 heavy (non-hydrogen) atoms. The summed E-state index contributed by atoms with van der Waals surface area (Å²) in [4.78, 5) is 34.3. The lowest BCUT2D eigenvalue weighted by atomic mass is 9.70. The molecule has 194 valence electrons. The van der Waals surface area contributed by atoms with Gasteiger partial charge in [-0.3, -0.25) is 14.5 Å². The van der Waals surface area contributed by atoms with Gasteiger partial charge < -0.3 is 24.6 Å². The van der Waals surface area contributed by atoms with E-state index < -0.39 is 0 Å². The maximum Gasteiger partial charge on any atom is 0.256 e. The molecule has 0 aromatic carbocycles. The molecule has 0 aromatic heterocycles. The van der Waals surface area contributed by atoms with Gasteiger partial charge in [-0.2, -0.15) is 0 Å². The first-order valence-corrected chi connectivity index (χ1v) is 14.2. The number of carbonyl (C=O) groups excluding carboxylic acids is 2. The van der Waals surface area contributed by atoms with Gasteiger partial charge in [-0.15, -0.1) is 11.6 Å². The lowest BCUT2D eigenvalue weighted by Gasteiger charge is -2.58. The maximum atomic E-state index is 13.8. The number of rotatable bonds is 5. The number of likely N-dealkylation sites (tertiary alicyclic amines) is 1. The molecular weight excluding hydrogens is 468 g/mol. The molecular formula is C26H39ClN4O4. The molecule has 0 radical (unpaired) electrons. The van der Waals surface area contributed by atoms with Crippen LogP contribution in [-0.4, -0.2) is 115 Å². The normalized spacial score (nSPS) is 40.1. The summed E-state index contributed by atoms with van der Waals surface area (Å²) in [5, 5.41) is 3.18. The van der Waals surface area contributed by atoms with E-state index in [0.29, 0.717) is 18.2 Å². The summed E-state index contributed by atoms with van der Waals surface area (Å²) in [6, 6.07) is 0.589. The monoisotopic (exact) mass is 506 g/mol. The fourth-order valence-corrected chi connectivity index (χ4v) is 7.71. The van der Waals surface area contributed by atoms with Gasteiger partial charge in [-0.1, -0.05) is 0 Å². The number of carbonyl (C=O) groups is 2. The van der Waals surface area contributed by atoms with Crippen molar-refractivity contribution in [3.63, 3.8) is 0 Å². The number of amides is 1. The molecule has 5 fully saturated rings. The first-order valence-electron chi connectivity index (χ1n) is 13.7. The van der Waals surface area contributed by atoms with Crippen LogP contribution in [0, 0.1) is 5.92 Å². The fraction of sp³-hybridized carbons (Fsp3) is 0.846. The average Bonchev–Trinajstić information content (AvgIpc) is 3.41. The summed E-state index contributed by atoms with van der Waals surface area (Å²) in [7, 11) is 0. The second-order valence-corrected chi connectivity index (χ2v) is 11.8. The third-order valence-corrected chi connectivity index (χ3v) is 9.59. The van der Waals surface area contributed by atoms with Gasteiger partial charge in [0.15, 0.2) is 5.78 Å². The van der Waals surface area contributed by atoms with Crippen molar-refractivity contribution in [1.82, 2.24) is 20.0 Å². The van der Waals surface area contributed by atoms with Gasteiger partial charge in [-0.25, -0.2) is 0 Å². The van der Waals surface area contributed by atoms with Crippen molar-refractivity contribution in [2.24, 2.45) is 5.92 Å². The Labute approximate surface area is 213 Å². The minimum Gasteiger partial charge on any atom is -0.379 e. The minimum atomic E-state index is -0.226. The first kappa shape index (κ1) is 24.2. The SMILES string of the molecule is O=C(NCCN1CCOCC1)C1=CN2C3CCC(Cl)CC3OC3CC(N4CCCC4)CC(C1=O)C32. The molecule has 6 rings (SSSR count). The smallest absolute Gasteiger partial charge is 0.256 e. The van der Waals surface area contributed by atoms with Crippen molar-refractivity contribution >= 4 is 23.3 Å². The number of hydrogen-bond donors (Lipinski definition) is 1. The van der Waals surface area contributed by atoms with Gasteiger partial charge in [0.25, 0.3) is 5.91 Å². The van der Waals surface area contributed by atoms with E-state index in [1.54, 1.807) is 0 Å². The van der Waals surface area contributed by atoms with Crippen molar-refractivity contribution in [1.29, 1.82) is 0 Å². The Balaban J connectivity index is 1.22. The second kappa shape index (κ2) is 10.3. The molecule has 1 N–H and O–H groups in total. The summed E-state index contributed by atoms with van der Waals surface area (Å²) >= 11 is 6.55. The molecule has 7 atom stereocenters. The van der Waals surface area contributed by atoms with E-state index in [-0.39, 0.29) is 47.3 Å². The molecule has 2 aliphatic carbocycles. The summed E-state index contributed by atoms with van der Waals surface area (Å²) in [6.45, 7) is 6.78. The molecule has 0 aromatic rings. The molecule has 2 saturated carbocycles. The van der Waals surface area contributed by atoms with Gasteiger partial charge in [0.05, 0.1) is 43.1 Å². The zero-order valence-corrected chi connectivity index (χ0v) is 21.3. The van der Waals surface area contributed by atoms with E-state index in [1.807, 2.05) is 6.20 Å². The number of nitrogens with zero attached hydrogens (tertiary/aromatic N) is 3. The summed E-state index contributed by atoms with van der Waals surface area (Å²) in [6.07, 6.45) is 8.97. The van der Waals surface area contributed by atoms with Crippen LogP contribution < -0.4 is 5.32 Å². The van der Waals surface area contributed by atoms with Crippen LogP contribution in [0.15, 0.2) is 11.8 Å². The number of fused-ring (bicyclic) bond motifs is 2. The quantitative estimate of drug-likeness (QED) is 0.446. The van der Waals surface area contributed by atoms with Gasteiger partial charge in [0.1, 0.15) is 0 Å². The minimum absolute atomic E-state index is 0.0112. The fourth-order valence-electron chi connectivity index (χ4n) is 7.41. The molecule has 3 saturated heterocycles. The molecule has 4 heterocycles. The van der Waals surface area contributed by atoms with E-state index >= 15 is 0 Å². The van der Waals surface area contributed by atoms with Gasteiger partial charge >= 0.3 is 0 Å². The van der Waals surface area contributed by atoms with Gasteiger partial charge in [0.2, 0.25) is 0 Å². The highest BCUT2D eigenvalue weighted by Gasteiger charge is 2.56. The largest absolute Gasteiger partial charge is 0.379 e. The van der Waals surface area contributed by atoms with Crippen molar-refractivity contribution < 1.29 is 19.1 Å². The van der Waals surface area contributed by atoms with E-state index in [9.17, 15) is 9.59 Å². The standard InChI is InChI=1S/C26H39ClN4O4/c27-17-3-4-21-22(13-17)35-23-15-18(30-6-1-2-7-30)14-19-24(23)31(21)16-20(25(19)32)26(33)28-5-8-29-9-11-34-12-10-29/h16-19,21-24H,1-15H2,(H,28,33). The van der Waals surface area contributed by atoms with Crippen molar-refractivity contribution in [2.45, 2.75) is 80.7 Å². The highest BCUT2D eigenvalue weighted by Crippen LogP contribution is 2.46. The Bertz CT molecular complexity index is 841. The van der Waals surface area contributed by atoms with Crippen LogP contribution >= 0.6 is 11.6 Å². The zero-order chi connectivity index (χ0) is 23.9. The Morgan fingerprint density at radius 2 is 1.86 bits per heavy atom. The van der Waals surface area contributed by atoms with Crippen LogP contribution in [0.5, 0.6) is 0 Å². The third kappa shape index (κ3) is 4.77. The molecule has 0 spiro atoms. The second-order valence-electron chi connectivity index (χ2n) is 11.2. The molecule has 1 amide bonds. The number of alkyl halides is 1. The van der Waals surface area contributed by atoms with E-state index in [2.05, 4.69) is 20.0 Å². The van der Waals surface area contributed by atoms with Crippen molar-refractivity contribution in [2.75, 3.05) is 52.5 Å². The van der Waals surface area contributed by atoms with Gasteiger partial charge in [-0.05, 0) is 58.0 Å². The number of Topliss-reactive ketones (excluding diaryl/α,β-unsaturated/α-hetero) is 1. The molecule has 8 nitrogen and oxygen atoms in total. The van der Waals surface area contributed by atoms with Crippen molar-refractivity contribution in [3.8, 4) is 0 Å². The van der Waals surface area contributed by atoms with E-state index in [0.717, 1.165) is 78.0 Å². The first-order chi connectivity index (χ1) is 17.1. The summed E-state index contributed by atoms with van der Waals surface area (Å²) in [5.41, 5.74) is 0.336. The number of ether oxygens (including phenoxy) is 2. The number of halogens is 1. The predicted molar refractivity (Wildman–Crippen MR) is 132 cm³/mol.